The monoisotopic (exact) mass is 249 g/mol. The molecule has 3 heteroatoms. The largest absolute Gasteiger partial charge is 0.338 e. The Kier molecular flexibility index (Phi) is 4.49. The lowest BCUT2D eigenvalue weighted by molar-refractivity contribution is 0.0737. The van der Waals surface area contributed by atoms with E-state index >= 15 is 0 Å². The fraction of sp³-hybridized carbons (Fsp3) is 0.500. The zero-order valence-electron chi connectivity index (χ0n) is 10.1. The molecule has 0 spiro atoms. The SMILES string of the molecule is O=C1c2ccccc2CCN1CCCCCS. The Labute approximate surface area is 108 Å². The maximum absolute atomic E-state index is 12.2. The lowest BCUT2D eigenvalue weighted by atomic mass is 9.99. The standard InChI is InChI=1S/C14H19NOS/c16-14-13-7-3-2-6-12(13)8-10-15(14)9-4-1-5-11-17/h2-3,6-7,17H,1,4-5,8-11H2. The van der Waals surface area contributed by atoms with Crippen molar-refractivity contribution in [3.8, 4) is 0 Å². The summed E-state index contributed by atoms with van der Waals surface area (Å²) in [4.78, 5) is 14.2. The molecule has 17 heavy (non-hydrogen) atoms. The van der Waals surface area contributed by atoms with E-state index in [1.165, 1.54) is 5.56 Å². The number of hydrogen-bond donors (Lipinski definition) is 1. The van der Waals surface area contributed by atoms with E-state index in [2.05, 4.69) is 18.7 Å². The molecule has 1 aromatic carbocycles. The first-order valence-electron chi connectivity index (χ1n) is 6.31. The van der Waals surface area contributed by atoms with Gasteiger partial charge in [-0.3, -0.25) is 4.79 Å². The van der Waals surface area contributed by atoms with Crippen LogP contribution in [0.4, 0.5) is 0 Å². The Morgan fingerprint density at radius 2 is 2.00 bits per heavy atom. The van der Waals surface area contributed by atoms with Crippen LogP contribution in [0.15, 0.2) is 24.3 Å². The third-order valence-corrected chi connectivity index (χ3v) is 3.59. The van der Waals surface area contributed by atoms with Crippen molar-refractivity contribution in [2.75, 3.05) is 18.8 Å². The first-order chi connectivity index (χ1) is 8.33. The molecule has 0 bridgehead atoms. The van der Waals surface area contributed by atoms with E-state index in [4.69, 9.17) is 0 Å². The molecule has 1 aliphatic heterocycles. The Balaban J connectivity index is 1.93. The normalized spacial score (nSPS) is 14.9. The molecule has 0 fully saturated rings. The highest BCUT2D eigenvalue weighted by molar-refractivity contribution is 7.80. The summed E-state index contributed by atoms with van der Waals surface area (Å²) in [7, 11) is 0. The Hall–Kier alpha value is -0.960. The van der Waals surface area contributed by atoms with Gasteiger partial charge < -0.3 is 4.90 Å². The quantitative estimate of drug-likeness (QED) is 0.628. The third-order valence-electron chi connectivity index (χ3n) is 3.27. The van der Waals surface area contributed by atoms with Gasteiger partial charge in [0.2, 0.25) is 0 Å². The van der Waals surface area contributed by atoms with Crippen LogP contribution < -0.4 is 0 Å². The maximum atomic E-state index is 12.2. The van der Waals surface area contributed by atoms with Gasteiger partial charge in [0.15, 0.2) is 0 Å². The van der Waals surface area contributed by atoms with Gasteiger partial charge in [0, 0.05) is 18.7 Å². The second-order valence-electron chi connectivity index (χ2n) is 4.48. The summed E-state index contributed by atoms with van der Waals surface area (Å²) in [5.41, 5.74) is 2.09. The summed E-state index contributed by atoms with van der Waals surface area (Å²) in [6.45, 7) is 1.76. The van der Waals surface area contributed by atoms with Crippen molar-refractivity contribution in [2.24, 2.45) is 0 Å². The van der Waals surface area contributed by atoms with Crippen molar-refractivity contribution in [3.63, 3.8) is 0 Å². The molecule has 0 unspecified atom stereocenters. The van der Waals surface area contributed by atoms with Crippen LogP contribution in [0.25, 0.3) is 0 Å². The zero-order chi connectivity index (χ0) is 12.1. The van der Waals surface area contributed by atoms with Crippen LogP contribution in [0.5, 0.6) is 0 Å². The molecule has 0 aliphatic carbocycles. The molecule has 0 radical (unpaired) electrons. The number of benzene rings is 1. The summed E-state index contributed by atoms with van der Waals surface area (Å²) in [5, 5.41) is 0. The minimum atomic E-state index is 0.206. The number of carbonyl (C=O) groups excluding carboxylic acids is 1. The van der Waals surface area contributed by atoms with Gasteiger partial charge in [-0.05, 0) is 36.6 Å². The fourth-order valence-electron chi connectivity index (χ4n) is 2.28. The Morgan fingerprint density at radius 3 is 2.82 bits per heavy atom. The van der Waals surface area contributed by atoms with Gasteiger partial charge in [0.25, 0.3) is 5.91 Å². The van der Waals surface area contributed by atoms with E-state index in [1.807, 2.05) is 23.1 Å². The molecule has 0 N–H and O–H groups in total. The maximum Gasteiger partial charge on any atom is 0.254 e. The molecule has 1 amide bonds. The molecule has 1 aliphatic rings. The third kappa shape index (κ3) is 3.03. The van der Waals surface area contributed by atoms with Crippen LogP contribution in [0.1, 0.15) is 35.2 Å². The van der Waals surface area contributed by atoms with Gasteiger partial charge in [0.05, 0.1) is 0 Å². The van der Waals surface area contributed by atoms with Gasteiger partial charge in [-0.15, -0.1) is 0 Å². The first-order valence-corrected chi connectivity index (χ1v) is 6.94. The van der Waals surface area contributed by atoms with E-state index in [1.54, 1.807) is 0 Å². The molecule has 92 valence electrons. The van der Waals surface area contributed by atoms with E-state index < -0.39 is 0 Å². The van der Waals surface area contributed by atoms with Crippen LogP contribution in [0.2, 0.25) is 0 Å². The molecule has 1 heterocycles. The predicted molar refractivity (Wildman–Crippen MR) is 73.8 cm³/mol. The fourth-order valence-corrected chi connectivity index (χ4v) is 2.50. The second kappa shape index (κ2) is 6.10. The van der Waals surface area contributed by atoms with Gasteiger partial charge >= 0.3 is 0 Å². The summed E-state index contributed by atoms with van der Waals surface area (Å²) in [5.74, 6) is 1.15. The van der Waals surface area contributed by atoms with Crippen molar-refractivity contribution in [3.05, 3.63) is 35.4 Å². The zero-order valence-corrected chi connectivity index (χ0v) is 11.0. The van der Waals surface area contributed by atoms with Gasteiger partial charge in [-0.1, -0.05) is 24.6 Å². The molecule has 2 nitrogen and oxygen atoms in total. The van der Waals surface area contributed by atoms with E-state index in [9.17, 15) is 4.79 Å². The highest BCUT2D eigenvalue weighted by Gasteiger charge is 2.22. The minimum absolute atomic E-state index is 0.206. The number of rotatable bonds is 5. The summed E-state index contributed by atoms with van der Waals surface area (Å²) < 4.78 is 0. The average Bonchev–Trinajstić information content (AvgIpc) is 2.37. The number of fused-ring (bicyclic) bond motifs is 1. The summed E-state index contributed by atoms with van der Waals surface area (Å²) >= 11 is 4.19. The molecule has 1 aromatic rings. The van der Waals surface area contributed by atoms with Crippen molar-refractivity contribution < 1.29 is 4.79 Å². The van der Waals surface area contributed by atoms with E-state index in [0.29, 0.717) is 0 Å². The lowest BCUT2D eigenvalue weighted by Crippen LogP contribution is -2.38. The van der Waals surface area contributed by atoms with Crippen LogP contribution in [0.3, 0.4) is 0 Å². The number of unbranched alkanes of at least 4 members (excludes halogenated alkanes) is 2. The average molecular weight is 249 g/mol. The van der Waals surface area contributed by atoms with Crippen molar-refractivity contribution in [1.29, 1.82) is 0 Å². The summed E-state index contributed by atoms with van der Waals surface area (Å²) in [6.07, 6.45) is 4.39. The number of hydrogen-bond acceptors (Lipinski definition) is 2. The smallest absolute Gasteiger partial charge is 0.254 e. The first kappa shape index (κ1) is 12.5. The molecular formula is C14H19NOS. The molecular weight excluding hydrogens is 230 g/mol. The second-order valence-corrected chi connectivity index (χ2v) is 4.93. The van der Waals surface area contributed by atoms with E-state index in [0.717, 1.165) is 50.1 Å². The van der Waals surface area contributed by atoms with E-state index in [-0.39, 0.29) is 5.91 Å². The van der Waals surface area contributed by atoms with Crippen LogP contribution >= 0.6 is 12.6 Å². The van der Waals surface area contributed by atoms with Gasteiger partial charge in [-0.25, -0.2) is 0 Å². The number of amides is 1. The molecule has 0 aromatic heterocycles. The predicted octanol–water partition coefficient (Wildman–Crippen LogP) is 2.79. The highest BCUT2D eigenvalue weighted by atomic mass is 32.1. The summed E-state index contributed by atoms with van der Waals surface area (Å²) in [6, 6.07) is 7.96. The number of nitrogens with zero attached hydrogens (tertiary/aromatic N) is 1. The lowest BCUT2D eigenvalue weighted by Gasteiger charge is -2.28. The van der Waals surface area contributed by atoms with Gasteiger partial charge in [0.1, 0.15) is 0 Å². The molecule has 0 atom stereocenters. The minimum Gasteiger partial charge on any atom is -0.338 e. The van der Waals surface area contributed by atoms with Crippen LogP contribution in [-0.2, 0) is 6.42 Å². The Bertz CT molecular complexity index is 392. The van der Waals surface area contributed by atoms with Crippen LogP contribution in [0, 0.1) is 0 Å². The Morgan fingerprint density at radius 1 is 1.18 bits per heavy atom. The molecule has 0 saturated heterocycles. The topological polar surface area (TPSA) is 20.3 Å². The van der Waals surface area contributed by atoms with Crippen molar-refractivity contribution in [1.82, 2.24) is 4.90 Å². The number of carbonyl (C=O) groups is 1. The van der Waals surface area contributed by atoms with Crippen molar-refractivity contribution >= 4 is 18.5 Å². The number of thiol groups is 1. The van der Waals surface area contributed by atoms with Gasteiger partial charge in [-0.2, -0.15) is 12.6 Å². The molecule has 0 saturated carbocycles. The van der Waals surface area contributed by atoms with Crippen LogP contribution in [-0.4, -0.2) is 29.6 Å². The van der Waals surface area contributed by atoms with Crippen molar-refractivity contribution in [2.45, 2.75) is 25.7 Å². The highest BCUT2D eigenvalue weighted by Crippen LogP contribution is 2.18. The molecule has 2 rings (SSSR count).